The minimum Gasteiger partial charge on any atom is -0.481 e. The average Bonchev–Trinajstić information content (AvgIpc) is 2.70. The van der Waals surface area contributed by atoms with Crippen LogP contribution in [0.3, 0.4) is 0 Å². The summed E-state index contributed by atoms with van der Waals surface area (Å²) in [5.41, 5.74) is 2.02. The number of aliphatic hydroxyl groups is 1. The molecular weight excluding hydrogens is 380 g/mol. The molecular formula is C24H34N2O4. The van der Waals surface area contributed by atoms with Crippen LogP contribution in [0.5, 0.6) is 0 Å². The van der Waals surface area contributed by atoms with Crippen molar-refractivity contribution in [2.75, 3.05) is 6.54 Å². The van der Waals surface area contributed by atoms with Crippen molar-refractivity contribution in [3.63, 3.8) is 0 Å². The Hall–Kier alpha value is -2.47. The smallest absolute Gasteiger partial charge is 0.303 e. The van der Waals surface area contributed by atoms with E-state index >= 15 is 0 Å². The highest BCUT2D eigenvalue weighted by Crippen LogP contribution is 2.20. The molecule has 0 saturated carbocycles. The van der Waals surface area contributed by atoms with Crippen LogP contribution in [0.2, 0.25) is 0 Å². The van der Waals surface area contributed by atoms with Gasteiger partial charge in [0.05, 0.1) is 12.1 Å². The monoisotopic (exact) mass is 414 g/mol. The molecule has 0 aromatic carbocycles. The first-order valence-corrected chi connectivity index (χ1v) is 10.8. The van der Waals surface area contributed by atoms with Gasteiger partial charge in [-0.1, -0.05) is 44.2 Å². The van der Waals surface area contributed by atoms with Gasteiger partial charge < -0.3 is 15.1 Å². The van der Waals surface area contributed by atoms with Gasteiger partial charge in [0.1, 0.15) is 0 Å². The largest absolute Gasteiger partial charge is 0.481 e. The fourth-order valence-electron chi connectivity index (χ4n) is 3.50. The third kappa shape index (κ3) is 8.11. The molecule has 1 fully saturated rings. The van der Waals surface area contributed by atoms with Crippen molar-refractivity contribution < 1.29 is 19.8 Å². The molecule has 30 heavy (non-hydrogen) atoms. The molecule has 1 aromatic heterocycles. The maximum absolute atomic E-state index is 12.3. The van der Waals surface area contributed by atoms with Crippen molar-refractivity contribution in [3.05, 3.63) is 53.9 Å². The van der Waals surface area contributed by atoms with E-state index in [4.69, 9.17) is 5.11 Å². The number of aromatic nitrogens is 1. The van der Waals surface area contributed by atoms with E-state index in [1.165, 1.54) is 5.56 Å². The number of pyridine rings is 1. The first kappa shape index (κ1) is 23.8. The van der Waals surface area contributed by atoms with Crippen LogP contribution in [0.1, 0.15) is 69.5 Å². The molecule has 1 unspecified atom stereocenters. The maximum Gasteiger partial charge on any atom is 0.303 e. The third-order valence-corrected chi connectivity index (χ3v) is 5.33. The Labute approximate surface area is 179 Å². The number of carbonyl (C=O) groups is 2. The minimum absolute atomic E-state index is 0.0270. The highest BCUT2D eigenvalue weighted by molar-refractivity contribution is 5.77. The van der Waals surface area contributed by atoms with E-state index in [1.807, 2.05) is 41.5 Å². The van der Waals surface area contributed by atoms with Gasteiger partial charge in [-0.3, -0.25) is 14.6 Å². The van der Waals surface area contributed by atoms with Crippen LogP contribution in [0, 0.1) is 0 Å². The van der Waals surface area contributed by atoms with Crippen molar-refractivity contribution in [3.8, 4) is 0 Å². The van der Waals surface area contributed by atoms with E-state index in [9.17, 15) is 14.7 Å². The number of carboxylic acid groups (broad SMARTS) is 1. The quantitative estimate of drug-likeness (QED) is 0.424. The van der Waals surface area contributed by atoms with E-state index in [1.54, 1.807) is 6.08 Å². The maximum atomic E-state index is 12.3. The van der Waals surface area contributed by atoms with Crippen molar-refractivity contribution in [1.82, 2.24) is 9.88 Å². The topological polar surface area (TPSA) is 90.7 Å². The Morgan fingerprint density at radius 2 is 2.13 bits per heavy atom. The summed E-state index contributed by atoms with van der Waals surface area (Å²) in [6.45, 7) is 4.75. The van der Waals surface area contributed by atoms with Crippen LogP contribution in [-0.2, 0) is 16.0 Å². The predicted octanol–water partition coefficient (Wildman–Crippen LogP) is 3.86. The standard InChI is InChI=1S/C24H34N2O4/c1-18(2)19-11-12-20(25-17-19)16-22(27)14-13-21-8-7-9-23(28)26(21)15-6-4-3-5-10-24(29)30/h4,6,11-14,17-18,21-22,27H,3,5,7-10,15-16H2,1-2H3,(H,29,30)/b6-4-,14-13+/t21-,22?/m1/s1. The van der Waals surface area contributed by atoms with E-state index in [0.717, 1.165) is 18.5 Å². The lowest BCUT2D eigenvalue weighted by Crippen LogP contribution is -2.42. The number of allylic oxidation sites excluding steroid dienone is 1. The lowest BCUT2D eigenvalue weighted by atomic mass is 9.99. The molecule has 2 atom stereocenters. The van der Waals surface area contributed by atoms with Gasteiger partial charge in [0.2, 0.25) is 5.91 Å². The second-order valence-electron chi connectivity index (χ2n) is 8.16. The number of hydrogen-bond donors (Lipinski definition) is 2. The Morgan fingerprint density at radius 1 is 1.33 bits per heavy atom. The lowest BCUT2D eigenvalue weighted by molar-refractivity contribution is -0.137. The van der Waals surface area contributed by atoms with Crippen molar-refractivity contribution in [2.45, 2.75) is 76.9 Å². The van der Waals surface area contributed by atoms with Crippen molar-refractivity contribution in [1.29, 1.82) is 0 Å². The van der Waals surface area contributed by atoms with Crippen LogP contribution in [0.25, 0.3) is 0 Å². The van der Waals surface area contributed by atoms with Crippen LogP contribution in [0.15, 0.2) is 42.6 Å². The highest BCUT2D eigenvalue weighted by atomic mass is 16.4. The summed E-state index contributed by atoms with van der Waals surface area (Å²) in [6, 6.07) is 3.98. The van der Waals surface area contributed by atoms with Gasteiger partial charge in [-0.05, 0) is 43.2 Å². The Bertz CT molecular complexity index is 740. The number of carbonyl (C=O) groups excluding carboxylic acids is 1. The average molecular weight is 415 g/mol. The molecule has 1 saturated heterocycles. The molecule has 2 heterocycles. The van der Waals surface area contributed by atoms with Crippen LogP contribution in [0.4, 0.5) is 0 Å². The molecule has 0 radical (unpaired) electrons. The second kappa shape index (κ2) is 12.3. The van der Waals surface area contributed by atoms with Crippen LogP contribution < -0.4 is 0 Å². The summed E-state index contributed by atoms with van der Waals surface area (Å²) in [5, 5.41) is 19.1. The molecule has 6 nitrogen and oxygen atoms in total. The van der Waals surface area contributed by atoms with Gasteiger partial charge >= 0.3 is 5.97 Å². The molecule has 164 valence electrons. The number of piperidine rings is 1. The van der Waals surface area contributed by atoms with Gasteiger partial charge in [0.15, 0.2) is 0 Å². The fourth-order valence-corrected chi connectivity index (χ4v) is 3.50. The predicted molar refractivity (Wildman–Crippen MR) is 117 cm³/mol. The number of likely N-dealkylation sites (tertiary alicyclic amines) is 1. The number of amides is 1. The van der Waals surface area contributed by atoms with Crippen LogP contribution >= 0.6 is 0 Å². The van der Waals surface area contributed by atoms with E-state index in [2.05, 4.69) is 18.8 Å². The molecule has 1 aromatic rings. The lowest BCUT2D eigenvalue weighted by Gasteiger charge is -2.33. The van der Waals surface area contributed by atoms with Gasteiger partial charge in [-0.15, -0.1) is 0 Å². The number of rotatable bonds is 11. The van der Waals surface area contributed by atoms with E-state index in [0.29, 0.717) is 38.1 Å². The SMILES string of the molecule is CC(C)c1ccc(CC(O)/C=C/[C@H]2CCCC(=O)N2C/C=C\CCCC(=O)O)nc1. The molecule has 0 aliphatic carbocycles. The van der Waals surface area contributed by atoms with Gasteiger partial charge in [0.25, 0.3) is 0 Å². The summed E-state index contributed by atoms with van der Waals surface area (Å²) in [5.74, 6) is -0.242. The molecule has 6 heteroatoms. The summed E-state index contributed by atoms with van der Waals surface area (Å²) in [6.07, 6.45) is 13.0. The number of nitrogens with zero attached hydrogens (tertiary/aromatic N) is 2. The summed E-state index contributed by atoms with van der Waals surface area (Å²) >= 11 is 0. The zero-order chi connectivity index (χ0) is 21.9. The van der Waals surface area contributed by atoms with Gasteiger partial charge in [-0.2, -0.15) is 0 Å². The zero-order valence-corrected chi connectivity index (χ0v) is 18.0. The number of aliphatic hydroxyl groups excluding tert-OH is 1. The highest BCUT2D eigenvalue weighted by Gasteiger charge is 2.25. The normalized spacial score (nSPS) is 18.6. The molecule has 1 amide bonds. The molecule has 2 N–H and O–H groups in total. The Kier molecular flexibility index (Phi) is 9.74. The number of aliphatic carboxylic acids is 1. The molecule has 1 aliphatic heterocycles. The molecule has 2 rings (SSSR count). The number of hydrogen-bond acceptors (Lipinski definition) is 4. The van der Waals surface area contributed by atoms with Crippen molar-refractivity contribution in [2.24, 2.45) is 0 Å². The fraction of sp³-hybridized carbons (Fsp3) is 0.542. The van der Waals surface area contributed by atoms with Gasteiger partial charge in [0, 0.05) is 37.7 Å². The Balaban J connectivity index is 1.87. The minimum atomic E-state index is -0.788. The van der Waals surface area contributed by atoms with E-state index in [-0.39, 0.29) is 18.4 Å². The summed E-state index contributed by atoms with van der Waals surface area (Å²) in [7, 11) is 0. The van der Waals surface area contributed by atoms with E-state index < -0.39 is 12.1 Å². The molecule has 0 spiro atoms. The zero-order valence-electron chi connectivity index (χ0n) is 18.0. The third-order valence-electron chi connectivity index (χ3n) is 5.33. The first-order chi connectivity index (χ1) is 14.4. The van der Waals surface area contributed by atoms with Crippen molar-refractivity contribution >= 4 is 11.9 Å². The first-order valence-electron chi connectivity index (χ1n) is 10.8. The summed E-state index contributed by atoms with van der Waals surface area (Å²) in [4.78, 5) is 29.1. The van der Waals surface area contributed by atoms with Crippen LogP contribution in [-0.4, -0.2) is 50.7 Å². The summed E-state index contributed by atoms with van der Waals surface area (Å²) < 4.78 is 0. The number of carboxylic acids is 1. The second-order valence-corrected chi connectivity index (χ2v) is 8.16. The Morgan fingerprint density at radius 3 is 2.80 bits per heavy atom. The van der Waals surface area contributed by atoms with Gasteiger partial charge in [-0.25, -0.2) is 0 Å². The number of unbranched alkanes of at least 4 members (excludes halogenated alkanes) is 1. The molecule has 0 bridgehead atoms. The molecule has 1 aliphatic rings.